The second-order valence-electron chi connectivity index (χ2n) is 5.85. The van der Waals surface area contributed by atoms with E-state index in [1.54, 1.807) is 6.20 Å². The van der Waals surface area contributed by atoms with Crippen molar-refractivity contribution in [2.45, 2.75) is 50.8 Å². The highest BCUT2D eigenvalue weighted by Crippen LogP contribution is 2.25. The Hall–Kier alpha value is -1.40. The number of carbonyl (C=O) groups is 1. The van der Waals surface area contributed by atoms with Gasteiger partial charge in [0, 0.05) is 24.8 Å². The summed E-state index contributed by atoms with van der Waals surface area (Å²) in [6, 6.07) is 0.174. The van der Waals surface area contributed by atoms with Crippen molar-refractivity contribution in [1.29, 1.82) is 0 Å². The third-order valence-corrected chi connectivity index (χ3v) is 4.16. The first kappa shape index (κ1) is 13.6. The van der Waals surface area contributed by atoms with Gasteiger partial charge >= 0.3 is 0 Å². The van der Waals surface area contributed by atoms with E-state index in [1.165, 1.54) is 0 Å². The SMILES string of the molecule is NC1CCC(C(=O)Nc2cnn(CC3CCCO3)c2)C1. The predicted octanol–water partition coefficient (Wildman–Crippen LogP) is 1.13. The summed E-state index contributed by atoms with van der Waals surface area (Å²) < 4.78 is 7.42. The number of rotatable bonds is 4. The van der Waals surface area contributed by atoms with Gasteiger partial charge in [0.25, 0.3) is 0 Å². The van der Waals surface area contributed by atoms with Crippen molar-refractivity contribution in [3.63, 3.8) is 0 Å². The molecule has 2 aliphatic rings. The first-order valence-corrected chi connectivity index (χ1v) is 7.41. The van der Waals surface area contributed by atoms with Gasteiger partial charge in [0.1, 0.15) is 0 Å². The van der Waals surface area contributed by atoms with Gasteiger partial charge in [-0.3, -0.25) is 9.48 Å². The Morgan fingerprint density at radius 2 is 2.40 bits per heavy atom. The van der Waals surface area contributed by atoms with Crippen LogP contribution in [0.25, 0.3) is 0 Å². The van der Waals surface area contributed by atoms with E-state index < -0.39 is 0 Å². The van der Waals surface area contributed by atoms with Crippen molar-refractivity contribution < 1.29 is 9.53 Å². The number of carbonyl (C=O) groups excluding carboxylic acids is 1. The van der Waals surface area contributed by atoms with Crippen molar-refractivity contribution >= 4 is 11.6 Å². The molecule has 20 heavy (non-hydrogen) atoms. The largest absolute Gasteiger partial charge is 0.376 e. The van der Waals surface area contributed by atoms with Crippen LogP contribution in [0.4, 0.5) is 5.69 Å². The Morgan fingerprint density at radius 1 is 1.50 bits per heavy atom. The molecule has 0 radical (unpaired) electrons. The number of hydrogen-bond donors (Lipinski definition) is 2. The molecule has 0 bridgehead atoms. The summed E-state index contributed by atoms with van der Waals surface area (Å²) in [4.78, 5) is 12.1. The quantitative estimate of drug-likeness (QED) is 0.865. The van der Waals surface area contributed by atoms with Gasteiger partial charge in [-0.1, -0.05) is 0 Å². The Morgan fingerprint density at radius 3 is 3.10 bits per heavy atom. The molecule has 1 aromatic rings. The fraction of sp³-hybridized carbons (Fsp3) is 0.714. The smallest absolute Gasteiger partial charge is 0.227 e. The Balaban J connectivity index is 1.52. The summed E-state index contributed by atoms with van der Waals surface area (Å²) in [6.07, 6.45) is 8.64. The van der Waals surface area contributed by atoms with E-state index in [-0.39, 0.29) is 24.0 Å². The fourth-order valence-electron chi connectivity index (χ4n) is 3.02. The normalized spacial score (nSPS) is 29.8. The van der Waals surface area contributed by atoms with Crippen LogP contribution in [0.1, 0.15) is 32.1 Å². The average Bonchev–Trinajstić information content (AvgIpc) is 3.13. The van der Waals surface area contributed by atoms with Gasteiger partial charge in [-0.2, -0.15) is 5.10 Å². The molecule has 3 N–H and O–H groups in total. The van der Waals surface area contributed by atoms with E-state index in [0.29, 0.717) is 0 Å². The monoisotopic (exact) mass is 278 g/mol. The van der Waals surface area contributed by atoms with Gasteiger partial charge in [-0.25, -0.2) is 0 Å². The first-order chi connectivity index (χ1) is 9.70. The average molecular weight is 278 g/mol. The molecular weight excluding hydrogens is 256 g/mol. The maximum absolute atomic E-state index is 12.1. The number of amides is 1. The molecule has 1 amide bonds. The summed E-state index contributed by atoms with van der Waals surface area (Å²) >= 11 is 0. The lowest BCUT2D eigenvalue weighted by Gasteiger charge is -2.09. The second kappa shape index (κ2) is 5.93. The van der Waals surface area contributed by atoms with Gasteiger partial charge in [0.15, 0.2) is 0 Å². The van der Waals surface area contributed by atoms with Crippen molar-refractivity contribution in [2.24, 2.45) is 11.7 Å². The number of aromatic nitrogens is 2. The number of ether oxygens (including phenoxy) is 1. The molecule has 1 aromatic heterocycles. The van der Waals surface area contributed by atoms with Crippen molar-refractivity contribution in [3.05, 3.63) is 12.4 Å². The van der Waals surface area contributed by atoms with E-state index in [1.807, 2.05) is 10.9 Å². The summed E-state index contributed by atoms with van der Waals surface area (Å²) in [6.45, 7) is 1.60. The van der Waals surface area contributed by atoms with E-state index in [4.69, 9.17) is 10.5 Å². The topological polar surface area (TPSA) is 82.2 Å². The summed E-state index contributed by atoms with van der Waals surface area (Å²) in [5.74, 6) is 0.112. The zero-order valence-electron chi connectivity index (χ0n) is 11.6. The van der Waals surface area contributed by atoms with Crippen LogP contribution in [0.2, 0.25) is 0 Å². The minimum absolute atomic E-state index is 0.0477. The van der Waals surface area contributed by atoms with Crippen LogP contribution in [0.3, 0.4) is 0 Å². The molecule has 6 heteroatoms. The lowest BCUT2D eigenvalue weighted by Crippen LogP contribution is -2.23. The molecule has 0 spiro atoms. The molecule has 2 heterocycles. The number of nitrogens with one attached hydrogen (secondary N) is 1. The molecule has 1 aliphatic carbocycles. The van der Waals surface area contributed by atoms with Crippen LogP contribution in [0.15, 0.2) is 12.4 Å². The van der Waals surface area contributed by atoms with Gasteiger partial charge in [-0.15, -0.1) is 0 Å². The number of nitrogens with two attached hydrogens (primary N) is 1. The molecule has 2 fully saturated rings. The standard InChI is InChI=1S/C14H22N4O2/c15-11-4-3-10(6-11)14(19)17-12-7-16-18(8-12)9-13-2-1-5-20-13/h7-8,10-11,13H,1-6,9,15H2,(H,17,19). The molecule has 3 rings (SSSR count). The minimum Gasteiger partial charge on any atom is -0.376 e. The van der Waals surface area contributed by atoms with Crippen LogP contribution in [0, 0.1) is 5.92 Å². The molecule has 1 saturated heterocycles. The van der Waals surface area contributed by atoms with Crippen molar-refractivity contribution in [3.8, 4) is 0 Å². The van der Waals surface area contributed by atoms with Crippen molar-refractivity contribution in [1.82, 2.24) is 9.78 Å². The highest BCUT2D eigenvalue weighted by atomic mass is 16.5. The highest BCUT2D eigenvalue weighted by molar-refractivity contribution is 5.92. The number of anilines is 1. The van der Waals surface area contributed by atoms with Crippen LogP contribution in [0.5, 0.6) is 0 Å². The Labute approximate surface area is 118 Å². The predicted molar refractivity (Wildman–Crippen MR) is 75.1 cm³/mol. The Kier molecular flexibility index (Phi) is 4.03. The second-order valence-corrected chi connectivity index (χ2v) is 5.85. The maximum Gasteiger partial charge on any atom is 0.227 e. The Bertz CT molecular complexity index is 467. The minimum atomic E-state index is 0.0477. The molecule has 110 valence electrons. The van der Waals surface area contributed by atoms with Crippen LogP contribution in [-0.2, 0) is 16.1 Å². The summed E-state index contributed by atoms with van der Waals surface area (Å²) in [5.41, 5.74) is 6.60. The van der Waals surface area contributed by atoms with Gasteiger partial charge in [0.2, 0.25) is 5.91 Å². The van der Waals surface area contributed by atoms with Gasteiger partial charge < -0.3 is 15.8 Å². The fourth-order valence-corrected chi connectivity index (χ4v) is 3.02. The molecule has 6 nitrogen and oxygen atoms in total. The summed E-state index contributed by atoms with van der Waals surface area (Å²) in [7, 11) is 0. The molecule has 0 aromatic carbocycles. The third-order valence-electron chi connectivity index (χ3n) is 4.16. The van der Waals surface area contributed by atoms with Crippen LogP contribution in [-0.4, -0.2) is 34.4 Å². The van der Waals surface area contributed by atoms with Gasteiger partial charge in [0.05, 0.1) is 24.5 Å². The molecule has 1 aliphatic heterocycles. The highest BCUT2D eigenvalue weighted by Gasteiger charge is 2.28. The van der Waals surface area contributed by atoms with E-state index in [2.05, 4.69) is 10.4 Å². The first-order valence-electron chi connectivity index (χ1n) is 7.41. The lowest BCUT2D eigenvalue weighted by molar-refractivity contribution is -0.119. The van der Waals surface area contributed by atoms with E-state index in [0.717, 1.165) is 50.9 Å². The van der Waals surface area contributed by atoms with E-state index in [9.17, 15) is 4.79 Å². The van der Waals surface area contributed by atoms with Crippen LogP contribution < -0.4 is 11.1 Å². The maximum atomic E-state index is 12.1. The zero-order valence-corrected chi connectivity index (χ0v) is 11.6. The van der Waals surface area contributed by atoms with Crippen LogP contribution >= 0.6 is 0 Å². The molecule has 3 unspecified atom stereocenters. The zero-order chi connectivity index (χ0) is 13.9. The molecule has 1 saturated carbocycles. The molecular formula is C14H22N4O2. The molecule has 3 atom stereocenters. The van der Waals surface area contributed by atoms with Crippen molar-refractivity contribution in [2.75, 3.05) is 11.9 Å². The van der Waals surface area contributed by atoms with E-state index >= 15 is 0 Å². The van der Waals surface area contributed by atoms with Gasteiger partial charge in [-0.05, 0) is 32.1 Å². The summed E-state index contributed by atoms with van der Waals surface area (Å²) in [5, 5.41) is 7.20. The number of nitrogens with zero attached hydrogens (tertiary/aromatic N) is 2. The third kappa shape index (κ3) is 3.19. The lowest BCUT2D eigenvalue weighted by atomic mass is 10.1. The number of hydrogen-bond acceptors (Lipinski definition) is 4.